The summed E-state index contributed by atoms with van der Waals surface area (Å²) in [7, 11) is 0. The number of fused-ring (bicyclic) bond motifs is 1. The number of carbonyl (C=O) groups excluding carboxylic acids is 3. The van der Waals surface area contributed by atoms with Crippen LogP contribution in [0, 0.1) is 0 Å². The van der Waals surface area contributed by atoms with Crippen molar-refractivity contribution in [3.05, 3.63) is 81.5 Å². The van der Waals surface area contributed by atoms with E-state index in [-0.39, 0.29) is 18.2 Å². The van der Waals surface area contributed by atoms with Gasteiger partial charge in [0.2, 0.25) is 17.7 Å². The molecule has 162 valence electrons. The van der Waals surface area contributed by atoms with Crippen LogP contribution in [0.25, 0.3) is 0 Å². The quantitative estimate of drug-likeness (QED) is 0.599. The Morgan fingerprint density at radius 3 is 2.62 bits per heavy atom. The third-order valence-corrected chi connectivity index (χ3v) is 5.98. The van der Waals surface area contributed by atoms with E-state index in [2.05, 4.69) is 15.5 Å². The lowest BCUT2D eigenvalue weighted by Crippen LogP contribution is -2.52. The van der Waals surface area contributed by atoms with Gasteiger partial charge in [0.05, 0.1) is 6.42 Å². The normalized spacial score (nSPS) is 18.1. The molecule has 1 fully saturated rings. The van der Waals surface area contributed by atoms with Crippen molar-refractivity contribution < 1.29 is 18.9 Å². The van der Waals surface area contributed by atoms with E-state index in [1.165, 1.54) is 4.90 Å². The number of carbonyl (C=O) groups is 3. The molecule has 0 bridgehead atoms. The Kier molecular flexibility index (Phi) is 5.22. The Morgan fingerprint density at radius 2 is 1.84 bits per heavy atom. The van der Waals surface area contributed by atoms with Crippen molar-refractivity contribution in [2.75, 3.05) is 0 Å². The van der Waals surface area contributed by atoms with E-state index >= 15 is 0 Å². The van der Waals surface area contributed by atoms with Crippen molar-refractivity contribution in [1.29, 1.82) is 0 Å². The van der Waals surface area contributed by atoms with Crippen LogP contribution in [0.3, 0.4) is 0 Å². The Morgan fingerprint density at radius 1 is 1.06 bits per heavy atom. The summed E-state index contributed by atoms with van der Waals surface area (Å²) in [6, 6.07) is 12.4. The molecular weight excluding hydrogens is 432 g/mol. The van der Waals surface area contributed by atoms with Gasteiger partial charge in [-0.3, -0.25) is 19.7 Å². The molecule has 0 spiro atoms. The fraction of sp³-hybridized carbons (Fsp3) is 0.261. The van der Waals surface area contributed by atoms with Gasteiger partial charge in [-0.1, -0.05) is 41.0 Å². The topological polar surface area (TPSA) is 105 Å². The molecule has 3 aromatic rings. The fourth-order valence-electron chi connectivity index (χ4n) is 4.13. The van der Waals surface area contributed by atoms with Gasteiger partial charge in [-0.25, -0.2) is 0 Å². The second kappa shape index (κ2) is 8.20. The summed E-state index contributed by atoms with van der Waals surface area (Å²) < 4.78 is 5.40. The zero-order chi connectivity index (χ0) is 22.2. The van der Waals surface area contributed by atoms with Gasteiger partial charge < -0.3 is 9.42 Å². The standard InChI is InChI=1S/C23H19ClN4O4/c24-16-4-1-13(2-5-16)10-19-25-21(32-27-19)11-14-3-6-17-15(9-14)12-28(23(17)31)18-7-8-20(29)26-22(18)30/h1-6,9,18H,7-8,10-12H2,(H,26,29,30). The highest BCUT2D eigenvalue weighted by Crippen LogP contribution is 2.28. The van der Waals surface area contributed by atoms with E-state index in [1.54, 1.807) is 6.07 Å². The van der Waals surface area contributed by atoms with E-state index in [0.29, 0.717) is 48.1 Å². The number of imide groups is 1. The SMILES string of the molecule is O=C1CCC(N2Cc3cc(Cc4nc(Cc5ccc(Cl)cc5)no4)ccc3C2=O)C(=O)N1. The van der Waals surface area contributed by atoms with Crippen LogP contribution >= 0.6 is 11.6 Å². The van der Waals surface area contributed by atoms with Crippen molar-refractivity contribution in [2.45, 2.75) is 38.3 Å². The molecule has 1 saturated heterocycles. The van der Waals surface area contributed by atoms with Crippen molar-refractivity contribution in [2.24, 2.45) is 0 Å². The van der Waals surface area contributed by atoms with Crippen LogP contribution in [-0.4, -0.2) is 38.8 Å². The van der Waals surface area contributed by atoms with Crippen LogP contribution in [0.4, 0.5) is 0 Å². The molecule has 9 heteroatoms. The number of amides is 3. The summed E-state index contributed by atoms with van der Waals surface area (Å²) in [5.41, 5.74) is 3.39. The predicted molar refractivity (Wildman–Crippen MR) is 114 cm³/mol. The smallest absolute Gasteiger partial charge is 0.255 e. The van der Waals surface area contributed by atoms with Crippen molar-refractivity contribution >= 4 is 29.3 Å². The number of aromatic nitrogens is 2. The molecule has 2 aromatic carbocycles. The average Bonchev–Trinajstić information content (AvgIpc) is 3.33. The first-order chi connectivity index (χ1) is 15.5. The number of hydrogen-bond donors (Lipinski definition) is 1. The predicted octanol–water partition coefficient (Wildman–Crippen LogP) is 2.67. The van der Waals surface area contributed by atoms with Crippen molar-refractivity contribution in [3.63, 3.8) is 0 Å². The zero-order valence-electron chi connectivity index (χ0n) is 17.0. The number of piperidine rings is 1. The second-order valence-electron chi connectivity index (χ2n) is 7.98. The molecule has 3 amide bonds. The van der Waals surface area contributed by atoms with E-state index in [1.807, 2.05) is 36.4 Å². The molecule has 5 rings (SSSR count). The molecule has 0 saturated carbocycles. The van der Waals surface area contributed by atoms with Gasteiger partial charge in [-0.15, -0.1) is 0 Å². The molecule has 1 atom stereocenters. The van der Waals surface area contributed by atoms with Gasteiger partial charge in [0.15, 0.2) is 5.82 Å². The number of hydrogen-bond acceptors (Lipinski definition) is 6. The summed E-state index contributed by atoms with van der Waals surface area (Å²) in [6.07, 6.45) is 1.56. The minimum absolute atomic E-state index is 0.191. The summed E-state index contributed by atoms with van der Waals surface area (Å²) in [6.45, 7) is 0.333. The van der Waals surface area contributed by atoms with Gasteiger partial charge in [-0.2, -0.15) is 4.98 Å². The Hall–Kier alpha value is -3.52. The Balaban J connectivity index is 1.27. The van der Waals surface area contributed by atoms with Crippen LogP contribution in [-0.2, 0) is 29.0 Å². The zero-order valence-corrected chi connectivity index (χ0v) is 17.8. The lowest BCUT2D eigenvalue weighted by Gasteiger charge is -2.29. The van der Waals surface area contributed by atoms with E-state index in [9.17, 15) is 14.4 Å². The lowest BCUT2D eigenvalue weighted by atomic mass is 10.0. The van der Waals surface area contributed by atoms with Gasteiger partial charge >= 0.3 is 0 Å². The second-order valence-corrected chi connectivity index (χ2v) is 8.41. The Bertz CT molecular complexity index is 1220. The monoisotopic (exact) mass is 450 g/mol. The maximum atomic E-state index is 12.8. The first-order valence-electron chi connectivity index (χ1n) is 10.3. The molecule has 1 N–H and O–H groups in total. The number of nitrogens with one attached hydrogen (secondary N) is 1. The minimum atomic E-state index is -0.623. The highest BCUT2D eigenvalue weighted by atomic mass is 35.5. The first-order valence-corrected chi connectivity index (χ1v) is 10.7. The summed E-state index contributed by atoms with van der Waals surface area (Å²) in [5.74, 6) is 0.168. The minimum Gasteiger partial charge on any atom is -0.339 e. The Labute approximate surface area is 188 Å². The third-order valence-electron chi connectivity index (χ3n) is 5.73. The van der Waals surface area contributed by atoms with Crippen LogP contribution in [0.15, 0.2) is 47.0 Å². The summed E-state index contributed by atoms with van der Waals surface area (Å²) in [4.78, 5) is 42.4. The number of nitrogens with zero attached hydrogens (tertiary/aromatic N) is 3. The molecular formula is C23H19ClN4O4. The molecule has 0 radical (unpaired) electrons. The van der Waals surface area contributed by atoms with Crippen LogP contribution in [0.2, 0.25) is 5.02 Å². The van der Waals surface area contributed by atoms with Crippen LogP contribution in [0.1, 0.15) is 51.6 Å². The van der Waals surface area contributed by atoms with Crippen LogP contribution in [0.5, 0.6) is 0 Å². The summed E-state index contributed by atoms with van der Waals surface area (Å²) in [5, 5.41) is 7.04. The number of rotatable bonds is 5. The van der Waals surface area contributed by atoms with Gasteiger partial charge in [0, 0.05) is 30.0 Å². The van der Waals surface area contributed by atoms with Crippen molar-refractivity contribution in [3.8, 4) is 0 Å². The molecule has 32 heavy (non-hydrogen) atoms. The number of halogens is 1. The van der Waals surface area contributed by atoms with Crippen LogP contribution < -0.4 is 5.32 Å². The fourth-order valence-corrected chi connectivity index (χ4v) is 4.26. The molecule has 1 aromatic heterocycles. The van der Waals surface area contributed by atoms with Gasteiger partial charge in [-0.05, 0) is 41.3 Å². The highest BCUT2D eigenvalue weighted by Gasteiger charge is 2.39. The molecule has 3 heterocycles. The lowest BCUT2D eigenvalue weighted by molar-refractivity contribution is -0.136. The van der Waals surface area contributed by atoms with E-state index in [0.717, 1.165) is 16.7 Å². The average molecular weight is 451 g/mol. The maximum absolute atomic E-state index is 12.8. The first kappa shape index (κ1) is 20.4. The molecule has 2 aliphatic heterocycles. The largest absolute Gasteiger partial charge is 0.339 e. The van der Waals surface area contributed by atoms with Gasteiger partial charge in [0.1, 0.15) is 6.04 Å². The molecule has 2 aliphatic rings. The molecule has 0 aliphatic carbocycles. The third kappa shape index (κ3) is 4.01. The maximum Gasteiger partial charge on any atom is 0.255 e. The highest BCUT2D eigenvalue weighted by molar-refractivity contribution is 6.30. The van der Waals surface area contributed by atoms with E-state index < -0.39 is 11.9 Å². The van der Waals surface area contributed by atoms with Gasteiger partial charge in [0.25, 0.3) is 5.91 Å². The molecule has 8 nitrogen and oxygen atoms in total. The van der Waals surface area contributed by atoms with Crippen molar-refractivity contribution in [1.82, 2.24) is 20.4 Å². The van der Waals surface area contributed by atoms with E-state index in [4.69, 9.17) is 16.1 Å². The summed E-state index contributed by atoms with van der Waals surface area (Å²) >= 11 is 5.92. The number of benzene rings is 2. The molecule has 1 unspecified atom stereocenters.